The number of hydrogen-bond donors (Lipinski definition) is 0. The van der Waals surface area contributed by atoms with Crippen LogP contribution in [-0.4, -0.2) is 21.4 Å². The van der Waals surface area contributed by atoms with Gasteiger partial charge in [0.25, 0.3) is 0 Å². The van der Waals surface area contributed by atoms with Crippen molar-refractivity contribution in [2.75, 3.05) is 6.61 Å². The second-order valence-corrected chi connectivity index (χ2v) is 4.48. The molecule has 0 aliphatic carbocycles. The lowest BCUT2D eigenvalue weighted by molar-refractivity contribution is 0.110. The van der Waals surface area contributed by atoms with Gasteiger partial charge in [-0.2, -0.15) is 9.78 Å². The van der Waals surface area contributed by atoms with Crippen molar-refractivity contribution in [1.82, 2.24) is 14.8 Å². The molecule has 1 aliphatic rings. The molecular formula is C9H8ClN3OS. The summed E-state index contributed by atoms with van der Waals surface area (Å²) < 4.78 is 7.04. The molecule has 15 heavy (non-hydrogen) atoms. The number of rotatable bonds is 1. The Kier molecular flexibility index (Phi) is 2.23. The smallest absolute Gasteiger partial charge is 0.211 e. The summed E-state index contributed by atoms with van der Waals surface area (Å²) in [6.07, 6.45) is 2.57. The quantitative estimate of drug-likeness (QED) is 0.767. The third-order valence-electron chi connectivity index (χ3n) is 2.33. The molecule has 0 amide bonds. The Morgan fingerprint density at radius 1 is 1.53 bits per heavy atom. The summed E-state index contributed by atoms with van der Waals surface area (Å²) in [4.78, 5) is 4.18. The summed E-state index contributed by atoms with van der Waals surface area (Å²) >= 11 is 7.74. The molecule has 2 aromatic rings. The Hall–Kier alpha value is -0.910. The molecule has 0 spiro atoms. The monoisotopic (exact) mass is 241 g/mol. The van der Waals surface area contributed by atoms with Gasteiger partial charge in [-0.1, -0.05) is 11.6 Å². The second-order valence-electron chi connectivity index (χ2n) is 3.25. The lowest BCUT2D eigenvalue weighted by atomic mass is 10.2. The molecule has 0 fully saturated rings. The molecule has 0 atom stereocenters. The van der Waals surface area contributed by atoms with Gasteiger partial charge < -0.3 is 4.74 Å². The summed E-state index contributed by atoms with van der Waals surface area (Å²) in [6.45, 7) is 1.28. The van der Waals surface area contributed by atoms with Crippen LogP contribution in [0.1, 0.15) is 11.3 Å². The lowest BCUT2D eigenvalue weighted by Gasteiger charge is -2.09. The Morgan fingerprint density at radius 2 is 2.47 bits per heavy atom. The van der Waals surface area contributed by atoms with Gasteiger partial charge >= 0.3 is 0 Å². The van der Waals surface area contributed by atoms with Crippen LogP contribution in [-0.2, 0) is 17.8 Å². The molecule has 3 rings (SSSR count). The highest BCUT2D eigenvalue weighted by atomic mass is 35.5. The zero-order valence-corrected chi connectivity index (χ0v) is 9.38. The Bertz CT molecular complexity index is 480. The van der Waals surface area contributed by atoms with Gasteiger partial charge in [0, 0.05) is 23.6 Å². The molecule has 0 saturated heterocycles. The predicted octanol–water partition coefficient (Wildman–Crippen LogP) is 2.05. The van der Waals surface area contributed by atoms with Crippen molar-refractivity contribution in [3.05, 3.63) is 28.0 Å². The number of aromatic nitrogens is 3. The van der Waals surface area contributed by atoms with Gasteiger partial charge in [-0.05, 0) is 0 Å². The molecule has 0 N–H and O–H groups in total. The number of fused-ring (bicyclic) bond motifs is 1. The number of ether oxygens (including phenoxy) is 1. The largest absolute Gasteiger partial charge is 0.376 e. The van der Waals surface area contributed by atoms with Crippen LogP contribution in [0.4, 0.5) is 0 Å². The topological polar surface area (TPSA) is 39.9 Å². The lowest BCUT2D eigenvalue weighted by Crippen LogP contribution is -2.08. The highest BCUT2D eigenvalue weighted by Gasteiger charge is 2.21. The molecule has 78 valence electrons. The highest BCUT2D eigenvalue weighted by Crippen LogP contribution is 2.27. The van der Waals surface area contributed by atoms with Gasteiger partial charge in [-0.3, -0.25) is 0 Å². The maximum atomic E-state index is 6.22. The molecule has 0 aromatic carbocycles. The molecule has 1 aliphatic heterocycles. The van der Waals surface area contributed by atoms with E-state index in [-0.39, 0.29) is 0 Å². The van der Waals surface area contributed by atoms with Crippen molar-refractivity contribution in [3.8, 4) is 5.13 Å². The van der Waals surface area contributed by atoms with E-state index >= 15 is 0 Å². The molecule has 0 bridgehead atoms. The number of nitrogens with zero attached hydrogens (tertiary/aromatic N) is 3. The molecular weight excluding hydrogens is 234 g/mol. The van der Waals surface area contributed by atoms with E-state index in [0.717, 1.165) is 29.4 Å². The van der Waals surface area contributed by atoms with Crippen LogP contribution in [0.15, 0.2) is 11.6 Å². The van der Waals surface area contributed by atoms with Crippen molar-refractivity contribution < 1.29 is 4.74 Å². The van der Waals surface area contributed by atoms with Gasteiger partial charge in [0.1, 0.15) is 5.15 Å². The molecule has 0 saturated carbocycles. The average molecular weight is 242 g/mol. The maximum Gasteiger partial charge on any atom is 0.211 e. The molecule has 4 nitrogen and oxygen atoms in total. The van der Waals surface area contributed by atoms with E-state index in [0.29, 0.717) is 11.8 Å². The Balaban J connectivity index is 2.13. The summed E-state index contributed by atoms with van der Waals surface area (Å²) in [7, 11) is 0. The minimum atomic E-state index is 0.555. The third kappa shape index (κ3) is 1.47. The van der Waals surface area contributed by atoms with Crippen LogP contribution < -0.4 is 0 Å². The molecule has 6 heteroatoms. The van der Waals surface area contributed by atoms with Gasteiger partial charge in [-0.15, -0.1) is 11.3 Å². The zero-order valence-electron chi connectivity index (χ0n) is 7.81. The molecule has 0 radical (unpaired) electrons. The standard InChI is InChI=1S/C9H8ClN3OS/c10-8-6-5-14-3-1-7(6)12-13(8)9-11-2-4-15-9/h2,4H,1,3,5H2. The zero-order chi connectivity index (χ0) is 10.3. The fourth-order valence-corrected chi connectivity index (χ4v) is 2.53. The van der Waals surface area contributed by atoms with Crippen LogP contribution in [0.3, 0.4) is 0 Å². The van der Waals surface area contributed by atoms with Gasteiger partial charge in [0.2, 0.25) is 5.13 Å². The Morgan fingerprint density at radius 3 is 3.20 bits per heavy atom. The van der Waals surface area contributed by atoms with Crippen molar-refractivity contribution in [2.24, 2.45) is 0 Å². The van der Waals surface area contributed by atoms with Gasteiger partial charge in [-0.25, -0.2) is 4.98 Å². The van der Waals surface area contributed by atoms with Crippen molar-refractivity contribution in [1.29, 1.82) is 0 Å². The molecule has 0 unspecified atom stereocenters. The van der Waals surface area contributed by atoms with Crippen LogP contribution in [0.5, 0.6) is 0 Å². The van der Waals surface area contributed by atoms with E-state index in [1.165, 1.54) is 11.3 Å². The first kappa shape index (κ1) is 9.33. The first-order valence-electron chi connectivity index (χ1n) is 4.60. The third-order valence-corrected chi connectivity index (χ3v) is 3.47. The maximum absolute atomic E-state index is 6.22. The van der Waals surface area contributed by atoms with E-state index in [1.54, 1.807) is 10.9 Å². The minimum absolute atomic E-state index is 0.555. The minimum Gasteiger partial charge on any atom is -0.376 e. The fraction of sp³-hybridized carbons (Fsp3) is 0.333. The fourth-order valence-electron chi connectivity index (χ4n) is 1.61. The van der Waals surface area contributed by atoms with E-state index in [2.05, 4.69) is 10.1 Å². The van der Waals surface area contributed by atoms with Crippen molar-refractivity contribution in [2.45, 2.75) is 13.0 Å². The molecule has 3 heterocycles. The van der Waals surface area contributed by atoms with E-state index in [4.69, 9.17) is 16.3 Å². The van der Waals surface area contributed by atoms with Gasteiger partial charge in [0.05, 0.1) is 18.9 Å². The number of thiazole rings is 1. The number of hydrogen-bond acceptors (Lipinski definition) is 4. The Labute approximate surface area is 95.5 Å². The summed E-state index contributed by atoms with van der Waals surface area (Å²) in [5, 5.41) is 7.78. The summed E-state index contributed by atoms with van der Waals surface area (Å²) in [6, 6.07) is 0. The van der Waals surface area contributed by atoms with Crippen molar-refractivity contribution in [3.63, 3.8) is 0 Å². The normalized spacial score (nSPS) is 15.3. The van der Waals surface area contributed by atoms with Crippen LogP contribution in [0.25, 0.3) is 5.13 Å². The number of halogens is 1. The molecule has 2 aromatic heterocycles. The summed E-state index contributed by atoms with van der Waals surface area (Å²) in [5.74, 6) is 0. The van der Waals surface area contributed by atoms with E-state index in [9.17, 15) is 0 Å². The SMILES string of the molecule is Clc1c2c(nn1-c1nccs1)CCOC2. The van der Waals surface area contributed by atoms with Crippen LogP contribution in [0.2, 0.25) is 5.15 Å². The average Bonchev–Trinajstić information content (AvgIpc) is 2.87. The van der Waals surface area contributed by atoms with E-state index < -0.39 is 0 Å². The first-order chi connectivity index (χ1) is 7.36. The second kappa shape index (κ2) is 3.59. The van der Waals surface area contributed by atoms with Gasteiger partial charge in [0.15, 0.2) is 0 Å². The highest BCUT2D eigenvalue weighted by molar-refractivity contribution is 7.12. The first-order valence-corrected chi connectivity index (χ1v) is 5.86. The van der Waals surface area contributed by atoms with Crippen LogP contribution in [0, 0.1) is 0 Å². The van der Waals surface area contributed by atoms with Crippen molar-refractivity contribution >= 4 is 22.9 Å². The van der Waals surface area contributed by atoms with Crippen LogP contribution >= 0.6 is 22.9 Å². The predicted molar refractivity (Wildman–Crippen MR) is 57.6 cm³/mol. The summed E-state index contributed by atoms with van der Waals surface area (Å²) in [5.41, 5.74) is 2.03. The van der Waals surface area contributed by atoms with E-state index in [1.807, 2.05) is 5.38 Å².